The fourth-order valence-corrected chi connectivity index (χ4v) is 3.67. The van der Waals surface area contributed by atoms with Crippen LogP contribution in [-0.4, -0.2) is 55.9 Å². The van der Waals surface area contributed by atoms with Gasteiger partial charge in [-0.25, -0.2) is 4.98 Å². The topological polar surface area (TPSA) is 88.9 Å². The Balaban J connectivity index is 1.60. The van der Waals surface area contributed by atoms with E-state index in [1.807, 2.05) is 35.0 Å². The molecule has 1 fully saturated rings. The maximum Gasteiger partial charge on any atom is 0.264 e. The van der Waals surface area contributed by atoms with Crippen molar-refractivity contribution in [3.05, 3.63) is 48.5 Å². The van der Waals surface area contributed by atoms with Gasteiger partial charge in [0.25, 0.3) is 10.1 Å². The molecular weight excluding hydrogens is 408 g/mol. The minimum atomic E-state index is -3.53. The third-order valence-corrected chi connectivity index (χ3v) is 5.41. The smallest absolute Gasteiger partial charge is 0.264 e. The Hall–Kier alpha value is -1.94. The van der Waals surface area contributed by atoms with Crippen LogP contribution in [0.3, 0.4) is 0 Å². The summed E-state index contributed by atoms with van der Waals surface area (Å²) in [5.41, 5.74) is 1.14. The predicted octanol–water partition coefficient (Wildman–Crippen LogP) is 2.78. The van der Waals surface area contributed by atoms with Crippen molar-refractivity contribution in [2.75, 3.05) is 26.1 Å². The average Bonchev–Trinajstić information content (AvgIpc) is 3.36. The molecule has 8 nitrogen and oxygen atoms in total. The van der Waals surface area contributed by atoms with E-state index in [9.17, 15) is 8.42 Å². The molecule has 3 rings (SSSR count). The van der Waals surface area contributed by atoms with Crippen molar-refractivity contribution < 1.29 is 26.8 Å². The van der Waals surface area contributed by atoms with Gasteiger partial charge >= 0.3 is 0 Å². The first-order valence-corrected chi connectivity index (χ1v) is 12.0. The molecule has 1 aromatic carbocycles. The molecule has 0 aliphatic carbocycles. The number of benzene rings is 1. The van der Waals surface area contributed by atoms with Crippen LogP contribution in [0.4, 0.5) is 0 Å². The molecular formula is C21H30N2O6S. The molecule has 1 aromatic heterocycles. The van der Waals surface area contributed by atoms with Crippen LogP contribution in [-0.2, 0) is 36.7 Å². The van der Waals surface area contributed by atoms with E-state index in [0.29, 0.717) is 13.0 Å². The van der Waals surface area contributed by atoms with E-state index < -0.39 is 22.0 Å². The largest absolute Gasteiger partial charge is 0.494 e. The lowest BCUT2D eigenvalue weighted by Gasteiger charge is -2.28. The summed E-state index contributed by atoms with van der Waals surface area (Å²) in [6.07, 6.45) is 9.32. The number of hydrogen-bond donors (Lipinski definition) is 0. The maximum atomic E-state index is 11.3. The Labute approximate surface area is 178 Å². The molecule has 0 spiro atoms. The lowest BCUT2D eigenvalue weighted by atomic mass is 10.0. The molecule has 0 amide bonds. The summed E-state index contributed by atoms with van der Waals surface area (Å²) >= 11 is 0. The fourth-order valence-electron chi connectivity index (χ4n) is 3.27. The van der Waals surface area contributed by atoms with Gasteiger partial charge in [-0.15, -0.1) is 0 Å². The van der Waals surface area contributed by atoms with Crippen molar-refractivity contribution in [1.29, 1.82) is 0 Å². The van der Waals surface area contributed by atoms with Gasteiger partial charge in [0.05, 0.1) is 38.9 Å². The molecule has 1 aliphatic rings. The zero-order valence-corrected chi connectivity index (χ0v) is 18.3. The standard InChI is InChI=1S/C21H30N2O6S/c1-3-4-13-26-19-7-5-18(6-8-19)9-10-21(16-23-12-11-22-17-23)27-14-20(29-21)15-28-30(2,24)25/h5-8,11-12,17,20H,3-4,9-10,13-16H2,1-2H3. The van der Waals surface area contributed by atoms with Crippen LogP contribution in [0.2, 0.25) is 0 Å². The first-order valence-electron chi connectivity index (χ1n) is 10.2. The van der Waals surface area contributed by atoms with Gasteiger partial charge in [0.2, 0.25) is 0 Å². The Bertz CT molecular complexity index is 869. The molecule has 9 heteroatoms. The minimum Gasteiger partial charge on any atom is -0.494 e. The second-order valence-corrected chi connectivity index (χ2v) is 9.18. The summed E-state index contributed by atoms with van der Waals surface area (Å²) in [4.78, 5) is 4.08. The summed E-state index contributed by atoms with van der Waals surface area (Å²) in [6.45, 7) is 3.53. The molecule has 2 heterocycles. The van der Waals surface area contributed by atoms with Crippen molar-refractivity contribution in [3.63, 3.8) is 0 Å². The van der Waals surface area contributed by atoms with Gasteiger partial charge in [0.15, 0.2) is 5.79 Å². The van der Waals surface area contributed by atoms with Crippen LogP contribution < -0.4 is 4.74 Å². The SMILES string of the molecule is CCCCOc1ccc(CCC2(Cn3ccnc3)OCC(COS(C)(=O)=O)O2)cc1. The number of rotatable bonds is 12. The van der Waals surface area contributed by atoms with Crippen LogP contribution >= 0.6 is 0 Å². The molecule has 2 aromatic rings. The molecule has 166 valence electrons. The lowest BCUT2D eigenvalue weighted by molar-refractivity contribution is -0.184. The van der Waals surface area contributed by atoms with E-state index >= 15 is 0 Å². The van der Waals surface area contributed by atoms with Gasteiger partial charge in [-0.05, 0) is 30.5 Å². The fraction of sp³-hybridized carbons (Fsp3) is 0.571. The van der Waals surface area contributed by atoms with Crippen LogP contribution in [0.25, 0.3) is 0 Å². The van der Waals surface area contributed by atoms with E-state index in [4.69, 9.17) is 18.4 Å². The highest BCUT2D eigenvalue weighted by Gasteiger charge is 2.42. The summed E-state index contributed by atoms with van der Waals surface area (Å²) in [5, 5.41) is 0. The quantitative estimate of drug-likeness (QED) is 0.372. The Morgan fingerprint density at radius 3 is 2.77 bits per heavy atom. The van der Waals surface area contributed by atoms with Gasteiger partial charge in [-0.2, -0.15) is 8.42 Å². The normalized spacial score (nSPS) is 21.7. The van der Waals surface area contributed by atoms with Crippen molar-refractivity contribution in [3.8, 4) is 5.75 Å². The number of aryl methyl sites for hydroxylation is 1. The average molecular weight is 439 g/mol. The van der Waals surface area contributed by atoms with Gasteiger partial charge in [0, 0.05) is 18.8 Å². The summed E-state index contributed by atoms with van der Waals surface area (Å²) < 4.78 is 47.2. The van der Waals surface area contributed by atoms with E-state index in [0.717, 1.165) is 43.4 Å². The van der Waals surface area contributed by atoms with E-state index in [2.05, 4.69) is 11.9 Å². The molecule has 0 saturated carbocycles. The zero-order chi connectivity index (χ0) is 21.5. The van der Waals surface area contributed by atoms with Crippen molar-refractivity contribution in [2.24, 2.45) is 0 Å². The molecule has 1 saturated heterocycles. The Morgan fingerprint density at radius 2 is 2.10 bits per heavy atom. The number of nitrogens with zero attached hydrogens (tertiary/aromatic N) is 2. The van der Waals surface area contributed by atoms with Gasteiger partial charge in [-0.1, -0.05) is 25.5 Å². The highest BCUT2D eigenvalue weighted by molar-refractivity contribution is 7.85. The number of imidazole rings is 1. The van der Waals surface area contributed by atoms with Crippen molar-refractivity contribution in [1.82, 2.24) is 9.55 Å². The Morgan fingerprint density at radius 1 is 1.30 bits per heavy atom. The van der Waals surface area contributed by atoms with E-state index in [-0.39, 0.29) is 13.2 Å². The van der Waals surface area contributed by atoms with Gasteiger partial charge in [-0.3, -0.25) is 4.18 Å². The molecule has 2 unspecified atom stereocenters. The maximum absolute atomic E-state index is 11.3. The molecule has 0 N–H and O–H groups in total. The second-order valence-electron chi connectivity index (χ2n) is 7.53. The summed E-state index contributed by atoms with van der Waals surface area (Å²) in [7, 11) is -3.53. The number of ether oxygens (including phenoxy) is 3. The summed E-state index contributed by atoms with van der Waals surface area (Å²) in [6, 6.07) is 8.05. The van der Waals surface area contributed by atoms with Gasteiger partial charge < -0.3 is 18.8 Å². The summed E-state index contributed by atoms with van der Waals surface area (Å²) in [5.74, 6) is -0.00519. The number of aromatic nitrogens is 2. The van der Waals surface area contributed by atoms with Gasteiger partial charge in [0.1, 0.15) is 11.9 Å². The first kappa shape index (κ1) is 22.7. The van der Waals surface area contributed by atoms with Crippen LogP contribution in [0.5, 0.6) is 5.75 Å². The number of unbranched alkanes of at least 4 members (excludes halogenated alkanes) is 1. The third kappa shape index (κ3) is 7.09. The highest BCUT2D eigenvalue weighted by atomic mass is 32.2. The van der Waals surface area contributed by atoms with Crippen LogP contribution in [0.15, 0.2) is 43.0 Å². The van der Waals surface area contributed by atoms with E-state index in [1.54, 1.807) is 12.5 Å². The minimum absolute atomic E-state index is 0.0612. The second kappa shape index (κ2) is 10.4. The molecule has 30 heavy (non-hydrogen) atoms. The molecule has 1 aliphatic heterocycles. The molecule has 0 bridgehead atoms. The lowest BCUT2D eigenvalue weighted by Crippen LogP contribution is -2.37. The van der Waals surface area contributed by atoms with Crippen molar-refractivity contribution >= 4 is 10.1 Å². The van der Waals surface area contributed by atoms with E-state index in [1.165, 1.54) is 0 Å². The zero-order valence-electron chi connectivity index (χ0n) is 17.5. The third-order valence-electron chi connectivity index (χ3n) is 4.85. The number of hydrogen-bond acceptors (Lipinski definition) is 7. The van der Waals surface area contributed by atoms with Crippen LogP contribution in [0, 0.1) is 0 Å². The molecule has 0 radical (unpaired) electrons. The highest BCUT2D eigenvalue weighted by Crippen LogP contribution is 2.31. The first-order chi connectivity index (χ1) is 14.4. The predicted molar refractivity (Wildman–Crippen MR) is 112 cm³/mol. The molecule has 2 atom stereocenters. The van der Waals surface area contributed by atoms with Crippen molar-refractivity contribution in [2.45, 2.75) is 51.0 Å². The Kier molecular flexibility index (Phi) is 7.87. The van der Waals surface area contributed by atoms with Crippen LogP contribution in [0.1, 0.15) is 31.7 Å². The monoisotopic (exact) mass is 438 g/mol.